The van der Waals surface area contributed by atoms with Gasteiger partial charge in [0.1, 0.15) is 11.5 Å². The van der Waals surface area contributed by atoms with Gasteiger partial charge in [0, 0.05) is 56.6 Å². The summed E-state index contributed by atoms with van der Waals surface area (Å²) in [4.78, 5) is 9.31. The molecule has 8 heteroatoms. The summed E-state index contributed by atoms with van der Waals surface area (Å²) in [5.74, 6) is 2.54. The number of guanidine groups is 1. The van der Waals surface area contributed by atoms with Gasteiger partial charge in [0.15, 0.2) is 5.96 Å². The SMILES string of the molecule is CN=C(NCCCN1CCCC1)NC1CCN(c2cc(OC)cc(OC)c2)C1.I. The summed E-state index contributed by atoms with van der Waals surface area (Å²) in [6, 6.07) is 6.41. The minimum atomic E-state index is 0. The second kappa shape index (κ2) is 12.3. The number of likely N-dealkylation sites (tertiary alicyclic amines) is 1. The molecule has 0 aliphatic carbocycles. The van der Waals surface area contributed by atoms with Crippen LogP contribution in [0.25, 0.3) is 0 Å². The van der Waals surface area contributed by atoms with Gasteiger partial charge in [-0.1, -0.05) is 0 Å². The first-order valence-electron chi connectivity index (χ1n) is 10.4. The zero-order valence-electron chi connectivity index (χ0n) is 17.9. The third kappa shape index (κ3) is 7.09. The zero-order valence-corrected chi connectivity index (χ0v) is 20.3. The van der Waals surface area contributed by atoms with Crippen molar-refractivity contribution in [2.45, 2.75) is 31.7 Å². The van der Waals surface area contributed by atoms with Crippen LogP contribution in [-0.2, 0) is 0 Å². The van der Waals surface area contributed by atoms with Gasteiger partial charge in [-0.25, -0.2) is 0 Å². The van der Waals surface area contributed by atoms with Crippen molar-refractivity contribution in [2.24, 2.45) is 4.99 Å². The molecule has 0 saturated carbocycles. The lowest BCUT2D eigenvalue weighted by molar-refractivity contribution is 0.334. The third-order valence-electron chi connectivity index (χ3n) is 5.60. The standard InChI is InChI=1S/C21H35N5O2.HI/c1-22-21(23-8-6-11-25-9-4-5-10-25)24-17-7-12-26(16-17)18-13-19(27-2)15-20(14-18)28-3;/h13-15,17H,4-12,16H2,1-3H3,(H2,22,23,24);1H. The highest BCUT2D eigenvalue weighted by Gasteiger charge is 2.24. The maximum absolute atomic E-state index is 5.40. The molecule has 7 nitrogen and oxygen atoms in total. The summed E-state index contributed by atoms with van der Waals surface area (Å²) in [5, 5.41) is 7.04. The fourth-order valence-electron chi connectivity index (χ4n) is 3.99. The molecule has 0 aromatic heterocycles. The molecular weight excluding hydrogens is 481 g/mol. The molecule has 2 fully saturated rings. The molecule has 2 heterocycles. The van der Waals surface area contributed by atoms with Crippen LogP contribution in [-0.4, -0.2) is 77.4 Å². The molecule has 2 aliphatic heterocycles. The molecule has 29 heavy (non-hydrogen) atoms. The Morgan fingerprint density at radius 3 is 2.41 bits per heavy atom. The van der Waals surface area contributed by atoms with E-state index < -0.39 is 0 Å². The average molecular weight is 517 g/mol. The van der Waals surface area contributed by atoms with Crippen molar-refractivity contribution < 1.29 is 9.47 Å². The van der Waals surface area contributed by atoms with E-state index >= 15 is 0 Å². The van der Waals surface area contributed by atoms with E-state index in [1.807, 2.05) is 13.1 Å². The summed E-state index contributed by atoms with van der Waals surface area (Å²) >= 11 is 0. The van der Waals surface area contributed by atoms with Gasteiger partial charge in [-0.15, -0.1) is 24.0 Å². The molecule has 0 amide bonds. The number of benzene rings is 1. The van der Waals surface area contributed by atoms with Crippen molar-refractivity contribution in [1.29, 1.82) is 0 Å². The molecule has 1 unspecified atom stereocenters. The lowest BCUT2D eigenvalue weighted by atomic mass is 10.2. The summed E-state index contributed by atoms with van der Waals surface area (Å²) < 4.78 is 10.8. The van der Waals surface area contributed by atoms with Crippen LogP contribution in [0.2, 0.25) is 0 Å². The highest BCUT2D eigenvalue weighted by atomic mass is 127. The molecule has 2 N–H and O–H groups in total. The molecule has 2 saturated heterocycles. The van der Waals surface area contributed by atoms with E-state index in [0.29, 0.717) is 6.04 Å². The molecule has 0 spiro atoms. The Balaban J connectivity index is 0.00000300. The monoisotopic (exact) mass is 517 g/mol. The maximum atomic E-state index is 5.40. The number of nitrogens with zero attached hydrogens (tertiary/aromatic N) is 3. The summed E-state index contributed by atoms with van der Waals surface area (Å²) in [6.45, 7) is 6.60. The highest BCUT2D eigenvalue weighted by Crippen LogP contribution is 2.30. The van der Waals surface area contributed by atoms with Crippen LogP contribution in [0.5, 0.6) is 11.5 Å². The van der Waals surface area contributed by atoms with E-state index in [-0.39, 0.29) is 24.0 Å². The van der Waals surface area contributed by atoms with Crippen molar-refractivity contribution in [3.8, 4) is 11.5 Å². The van der Waals surface area contributed by atoms with Gasteiger partial charge in [0.05, 0.1) is 14.2 Å². The Kier molecular flexibility index (Phi) is 10.1. The number of ether oxygens (including phenoxy) is 2. The zero-order chi connectivity index (χ0) is 19.8. The molecule has 0 radical (unpaired) electrons. The molecule has 1 aromatic carbocycles. The third-order valence-corrected chi connectivity index (χ3v) is 5.60. The van der Waals surface area contributed by atoms with Crippen LogP contribution in [0, 0.1) is 0 Å². The lowest BCUT2D eigenvalue weighted by Gasteiger charge is -2.22. The van der Waals surface area contributed by atoms with Crippen LogP contribution in [0.3, 0.4) is 0 Å². The van der Waals surface area contributed by atoms with E-state index in [9.17, 15) is 0 Å². The first kappa shape index (κ1) is 23.9. The van der Waals surface area contributed by atoms with Gasteiger partial charge < -0.3 is 29.9 Å². The number of rotatable bonds is 8. The van der Waals surface area contributed by atoms with E-state index in [1.165, 1.54) is 32.5 Å². The number of methoxy groups -OCH3 is 2. The van der Waals surface area contributed by atoms with Crippen molar-refractivity contribution in [1.82, 2.24) is 15.5 Å². The number of hydrogen-bond acceptors (Lipinski definition) is 5. The van der Waals surface area contributed by atoms with Crippen molar-refractivity contribution in [3.05, 3.63) is 18.2 Å². The molecule has 1 atom stereocenters. The fraction of sp³-hybridized carbons (Fsp3) is 0.667. The van der Waals surface area contributed by atoms with E-state index in [0.717, 1.165) is 55.6 Å². The second-order valence-electron chi connectivity index (χ2n) is 7.55. The highest BCUT2D eigenvalue weighted by molar-refractivity contribution is 14.0. The van der Waals surface area contributed by atoms with Gasteiger partial charge in [-0.05, 0) is 45.3 Å². The lowest BCUT2D eigenvalue weighted by Crippen LogP contribution is -2.45. The van der Waals surface area contributed by atoms with Gasteiger partial charge in [0.2, 0.25) is 0 Å². The van der Waals surface area contributed by atoms with Gasteiger partial charge >= 0.3 is 0 Å². The van der Waals surface area contributed by atoms with Gasteiger partial charge in [0.25, 0.3) is 0 Å². The molecule has 164 valence electrons. The normalized spacial score (nSPS) is 19.8. The minimum Gasteiger partial charge on any atom is -0.497 e. The summed E-state index contributed by atoms with van der Waals surface area (Å²) in [7, 11) is 5.22. The molecule has 3 rings (SSSR count). The molecular formula is C21H36IN5O2. The summed E-state index contributed by atoms with van der Waals surface area (Å²) in [5.41, 5.74) is 1.13. The van der Waals surface area contributed by atoms with Crippen LogP contribution in [0.15, 0.2) is 23.2 Å². The average Bonchev–Trinajstić information content (AvgIpc) is 3.41. The molecule has 0 bridgehead atoms. The van der Waals surface area contributed by atoms with Crippen molar-refractivity contribution >= 4 is 35.6 Å². The van der Waals surface area contributed by atoms with Crippen LogP contribution in [0.4, 0.5) is 5.69 Å². The van der Waals surface area contributed by atoms with Gasteiger partial charge in [-0.2, -0.15) is 0 Å². The fourth-order valence-corrected chi connectivity index (χ4v) is 3.99. The first-order chi connectivity index (χ1) is 13.7. The number of hydrogen-bond donors (Lipinski definition) is 2. The Labute approximate surface area is 192 Å². The number of halogens is 1. The Bertz CT molecular complexity index is 630. The number of anilines is 1. The Hall–Kier alpha value is -1.42. The topological polar surface area (TPSA) is 61.4 Å². The van der Waals surface area contributed by atoms with E-state index in [2.05, 4.69) is 37.6 Å². The van der Waals surface area contributed by atoms with Gasteiger partial charge in [-0.3, -0.25) is 4.99 Å². The second-order valence-corrected chi connectivity index (χ2v) is 7.55. The predicted molar refractivity (Wildman–Crippen MR) is 130 cm³/mol. The largest absolute Gasteiger partial charge is 0.497 e. The van der Waals surface area contributed by atoms with Crippen LogP contribution in [0.1, 0.15) is 25.7 Å². The minimum absolute atomic E-state index is 0. The first-order valence-corrected chi connectivity index (χ1v) is 10.4. The van der Waals surface area contributed by atoms with Crippen LogP contribution < -0.4 is 25.0 Å². The van der Waals surface area contributed by atoms with Crippen molar-refractivity contribution in [2.75, 3.05) is 65.4 Å². The molecule has 1 aromatic rings. The van der Waals surface area contributed by atoms with E-state index in [4.69, 9.17) is 9.47 Å². The summed E-state index contributed by atoms with van der Waals surface area (Å²) in [6.07, 6.45) is 4.94. The van der Waals surface area contributed by atoms with Crippen molar-refractivity contribution in [3.63, 3.8) is 0 Å². The predicted octanol–water partition coefficient (Wildman–Crippen LogP) is 2.55. The van der Waals surface area contributed by atoms with Crippen LogP contribution >= 0.6 is 24.0 Å². The Morgan fingerprint density at radius 1 is 1.10 bits per heavy atom. The van der Waals surface area contributed by atoms with E-state index in [1.54, 1.807) is 14.2 Å². The molecule has 2 aliphatic rings. The number of aliphatic imine (C=N–C) groups is 1. The Morgan fingerprint density at radius 2 is 1.79 bits per heavy atom. The maximum Gasteiger partial charge on any atom is 0.191 e. The quantitative estimate of drug-likeness (QED) is 0.239. The number of nitrogens with one attached hydrogen (secondary N) is 2. The smallest absolute Gasteiger partial charge is 0.191 e.